The van der Waals surface area contributed by atoms with Crippen molar-refractivity contribution in [2.75, 3.05) is 6.61 Å². The Balaban J connectivity index is 1.11. The van der Waals surface area contributed by atoms with Gasteiger partial charge in [-0.3, -0.25) is 14.3 Å². The number of alkyl halides is 6. The lowest BCUT2D eigenvalue weighted by atomic mass is 9.82. The van der Waals surface area contributed by atoms with E-state index in [-0.39, 0.29) is 56.1 Å². The topological polar surface area (TPSA) is 95.7 Å². The standard InChI is InChI=1S/C20H25F6N3O5/c21-19(22,23)33-14-5-11(6-14)18-29-28-17(32-18)10-1-3-12(4-2-10)27-16(30)9-31-13-7-15(8-13)34-20(24,25)26/h10-15H,1-9H2,(H,27,30)/t10?,11-,12?,13-,14-,15+. The van der Waals surface area contributed by atoms with Crippen molar-refractivity contribution in [2.45, 2.75) is 100 Å². The maximum Gasteiger partial charge on any atom is 0.522 e. The van der Waals surface area contributed by atoms with Crippen molar-refractivity contribution in [1.82, 2.24) is 15.5 Å². The summed E-state index contributed by atoms with van der Waals surface area (Å²) in [4.78, 5) is 12.1. The molecule has 0 bridgehead atoms. The number of hydrogen-bond donors (Lipinski definition) is 1. The van der Waals surface area contributed by atoms with Gasteiger partial charge >= 0.3 is 12.7 Å². The minimum Gasteiger partial charge on any atom is -0.425 e. The van der Waals surface area contributed by atoms with Gasteiger partial charge in [-0.1, -0.05) is 0 Å². The first-order valence-electron chi connectivity index (χ1n) is 11.2. The summed E-state index contributed by atoms with van der Waals surface area (Å²) in [6.45, 7) is -0.225. The third-order valence-corrected chi connectivity index (χ3v) is 6.44. The van der Waals surface area contributed by atoms with Crippen molar-refractivity contribution in [3.8, 4) is 0 Å². The Labute approximate surface area is 190 Å². The number of rotatable bonds is 8. The second-order valence-corrected chi connectivity index (χ2v) is 9.04. The normalized spacial score (nSPS) is 32.1. The predicted molar refractivity (Wildman–Crippen MR) is 100 cm³/mol. The Morgan fingerprint density at radius 3 is 1.91 bits per heavy atom. The molecule has 0 atom stereocenters. The van der Waals surface area contributed by atoms with Crippen molar-refractivity contribution >= 4 is 5.91 Å². The Morgan fingerprint density at radius 1 is 0.824 bits per heavy atom. The Kier molecular flexibility index (Phi) is 7.38. The van der Waals surface area contributed by atoms with Gasteiger partial charge in [0.05, 0.1) is 18.3 Å². The fourth-order valence-electron chi connectivity index (χ4n) is 4.52. The maximum absolute atomic E-state index is 12.2. The van der Waals surface area contributed by atoms with Crippen molar-refractivity contribution in [3.63, 3.8) is 0 Å². The molecule has 1 heterocycles. The third-order valence-electron chi connectivity index (χ3n) is 6.44. The number of nitrogens with one attached hydrogen (secondary N) is 1. The molecule has 1 aromatic rings. The van der Waals surface area contributed by atoms with Crippen molar-refractivity contribution in [3.05, 3.63) is 11.8 Å². The van der Waals surface area contributed by atoms with Crippen LogP contribution in [-0.2, 0) is 19.0 Å². The van der Waals surface area contributed by atoms with Crippen molar-refractivity contribution in [2.24, 2.45) is 0 Å². The SMILES string of the molecule is O=C(CO[C@H]1C[C@@H](OC(F)(F)F)C1)NC1CCC(c2nnc([C@H]3C[C@H](OC(F)(F)F)C3)o2)CC1. The molecule has 1 amide bonds. The molecular formula is C20H25F6N3O5. The van der Waals surface area contributed by atoms with E-state index < -0.39 is 31.0 Å². The smallest absolute Gasteiger partial charge is 0.425 e. The molecule has 3 aliphatic rings. The largest absolute Gasteiger partial charge is 0.522 e. The molecule has 0 radical (unpaired) electrons. The van der Waals surface area contributed by atoms with Crippen LogP contribution in [0.1, 0.15) is 75.0 Å². The molecule has 1 N–H and O–H groups in total. The summed E-state index contributed by atoms with van der Waals surface area (Å²) in [6, 6.07) is -0.0654. The van der Waals surface area contributed by atoms with E-state index in [4.69, 9.17) is 9.15 Å². The second kappa shape index (κ2) is 9.97. The molecule has 0 aromatic carbocycles. The highest BCUT2D eigenvalue weighted by molar-refractivity contribution is 5.77. The molecule has 3 aliphatic carbocycles. The van der Waals surface area contributed by atoms with E-state index in [1.807, 2.05) is 0 Å². The van der Waals surface area contributed by atoms with Crippen LogP contribution in [0.5, 0.6) is 0 Å². The van der Waals surface area contributed by atoms with Crippen LogP contribution in [0, 0.1) is 0 Å². The van der Waals surface area contributed by atoms with Gasteiger partial charge in [-0.2, -0.15) is 0 Å². The maximum atomic E-state index is 12.2. The van der Waals surface area contributed by atoms with Gasteiger partial charge in [0, 0.05) is 30.7 Å². The van der Waals surface area contributed by atoms with Crippen LogP contribution in [0.4, 0.5) is 26.3 Å². The first-order chi connectivity index (χ1) is 15.9. The van der Waals surface area contributed by atoms with Gasteiger partial charge in [0.15, 0.2) is 0 Å². The van der Waals surface area contributed by atoms with Crippen LogP contribution in [0.3, 0.4) is 0 Å². The van der Waals surface area contributed by atoms with Crippen LogP contribution in [0.25, 0.3) is 0 Å². The zero-order chi connectivity index (χ0) is 24.5. The summed E-state index contributed by atoms with van der Waals surface area (Å²) in [5.41, 5.74) is 0. The zero-order valence-corrected chi connectivity index (χ0v) is 18.0. The minimum atomic E-state index is -4.67. The minimum absolute atomic E-state index is 0.00786. The number of carbonyl (C=O) groups is 1. The molecule has 3 saturated carbocycles. The van der Waals surface area contributed by atoms with E-state index >= 15 is 0 Å². The van der Waals surface area contributed by atoms with Gasteiger partial charge in [0.1, 0.15) is 6.61 Å². The highest BCUT2D eigenvalue weighted by Gasteiger charge is 2.43. The number of nitrogens with zero attached hydrogens (tertiary/aromatic N) is 2. The average Bonchev–Trinajstić information content (AvgIpc) is 3.14. The van der Waals surface area contributed by atoms with E-state index in [0.29, 0.717) is 37.5 Å². The Bertz CT molecular complexity index is 827. The van der Waals surface area contributed by atoms with Crippen LogP contribution >= 0.6 is 0 Å². The number of hydrogen-bond acceptors (Lipinski definition) is 7. The summed E-state index contributed by atoms with van der Waals surface area (Å²) >= 11 is 0. The average molecular weight is 501 g/mol. The number of halogens is 6. The van der Waals surface area contributed by atoms with Gasteiger partial charge in [-0.05, 0) is 38.5 Å². The quantitative estimate of drug-likeness (QED) is 0.537. The number of aromatic nitrogens is 2. The van der Waals surface area contributed by atoms with Crippen molar-refractivity contribution in [1.29, 1.82) is 0 Å². The van der Waals surface area contributed by atoms with Crippen LogP contribution in [-0.4, -0.2) is 59.8 Å². The fourth-order valence-corrected chi connectivity index (χ4v) is 4.52. The lowest BCUT2D eigenvalue weighted by Gasteiger charge is -2.35. The number of amides is 1. The van der Waals surface area contributed by atoms with Crippen LogP contribution in [0.2, 0.25) is 0 Å². The molecule has 8 nitrogen and oxygen atoms in total. The van der Waals surface area contributed by atoms with E-state index in [1.54, 1.807) is 0 Å². The molecule has 3 fully saturated rings. The van der Waals surface area contributed by atoms with Gasteiger partial charge in [0.2, 0.25) is 17.7 Å². The summed E-state index contributed by atoms with van der Waals surface area (Å²) in [5, 5.41) is 10.9. The van der Waals surface area contributed by atoms with Crippen LogP contribution in [0.15, 0.2) is 4.42 Å². The van der Waals surface area contributed by atoms with Crippen molar-refractivity contribution < 1.29 is 49.8 Å². The van der Waals surface area contributed by atoms with Crippen LogP contribution < -0.4 is 5.32 Å². The summed E-state index contributed by atoms with van der Waals surface area (Å²) < 4.78 is 91.9. The molecule has 192 valence electrons. The van der Waals surface area contributed by atoms with Gasteiger partial charge < -0.3 is 14.5 Å². The molecule has 14 heteroatoms. The molecule has 34 heavy (non-hydrogen) atoms. The highest BCUT2D eigenvalue weighted by atomic mass is 19.4. The third kappa shape index (κ3) is 7.04. The Hall–Kier alpha value is -1.93. The summed E-state index contributed by atoms with van der Waals surface area (Å²) in [6.07, 6.45) is -8.27. The molecule has 0 aliphatic heterocycles. The number of ether oxygens (including phenoxy) is 3. The molecular weight excluding hydrogens is 476 g/mol. The zero-order valence-electron chi connectivity index (χ0n) is 18.0. The highest BCUT2D eigenvalue weighted by Crippen LogP contribution is 2.42. The molecule has 1 aromatic heterocycles. The number of carbonyl (C=O) groups excluding carboxylic acids is 1. The lowest BCUT2D eigenvalue weighted by Crippen LogP contribution is -2.44. The van der Waals surface area contributed by atoms with E-state index in [0.717, 1.165) is 0 Å². The molecule has 0 saturated heterocycles. The van der Waals surface area contributed by atoms with E-state index in [1.165, 1.54) is 0 Å². The summed E-state index contributed by atoms with van der Waals surface area (Å²) in [7, 11) is 0. The predicted octanol–water partition coefficient (Wildman–Crippen LogP) is 4.08. The second-order valence-electron chi connectivity index (χ2n) is 9.04. The van der Waals surface area contributed by atoms with E-state index in [9.17, 15) is 31.1 Å². The first-order valence-corrected chi connectivity index (χ1v) is 11.2. The molecule has 0 unspecified atom stereocenters. The fraction of sp³-hybridized carbons (Fsp3) is 0.850. The van der Waals surface area contributed by atoms with Gasteiger partial charge in [-0.15, -0.1) is 36.5 Å². The lowest BCUT2D eigenvalue weighted by molar-refractivity contribution is -0.357. The van der Waals surface area contributed by atoms with Gasteiger partial charge in [-0.25, -0.2) is 0 Å². The van der Waals surface area contributed by atoms with E-state index in [2.05, 4.69) is 25.0 Å². The van der Waals surface area contributed by atoms with Gasteiger partial charge in [0.25, 0.3) is 0 Å². The summed E-state index contributed by atoms with van der Waals surface area (Å²) in [5.74, 6) is 0.209. The Morgan fingerprint density at radius 2 is 1.35 bits per heavy atom. The first kappa shape index (κ1) is 25.2. The molecule has 0 spiro atoms. The molecule has 4 rings (SSSR count). The monoisotopic (exact) mass is 501 g/mol.